The molecule has 1 N–H and O–H groups in total. The van der Waals surface area contributed by atoms with E-state index in [2.05, 4.69) is 16.2 Å². The van der Waals surface area contributed by atoms with E-state index >= 15 is 0 Å². The van der Waals surface area contributed by atoms with E-state index in [0.29, 0.717) is 13.0 Å². The fourth-order valence-electron chi connectivity index (χ4n) is 0.942. The van der Waals surface area contributed by atoms with Gasteiger partial charge in [-0.25, -0.2) is 13.8 Å². The van der Waals surface area contributed by atoms with Crippen LogP contribution in [0.2, 0.25) is 0 Å². The molecule has 1 aromatic heterocycles. The van der Waals surface area contributed by atoms with Crippen LogP contribution in [-0.4, -0.2) is 11.5 Å². The monoisotopic (exact) mass is 196 g/mol. The Bertz CT molecular complexity index is 344. The second-order valence-electron chi connectivity index (χ2n) is 2.72. The summed E-state index contributed by atoms with van der Waals surface area (Å²) in [7, 11) is 0. The molecule has 0 aromatic carbocycles. The van der Waals surface area contributed by atoms with Gasteiger partial charge in [0.2, 0.25) is 0 Å². The van der Waals surface area contributed by atoms with Gasteiger partial charge in [-0.3, -0.25) is 0 Å². The summed E-state index contributed by atoms with van der Waals surface area (Å²) in [4.78, 5) is 3.56. The van der Waals surface area contributed by atoms with Crippen LogP contribution in [0.1, 0.15) is 12.8 Å². The Hall–Kier alpha value is -1.63. The van der Waals surface area contributed by atoms with Crippen LogP contribution in [0.4, 0.5) is 14.6 Å². The number of halogens is 2. The molecule has 1 heterocycles. The molecule has 0 saturated carbocycles. The van der Waals surface area contributed by atoms with Crippen LogP contribution in [0.3, 0.4) is 0 Å². The molecular formula is C10H10F2N2. The standard InChI is InChI=1S/C10H10F2N2/c1-2-3-4-5-13-10-9(12)6-8(11)7-14-10/h1,6-7H,3-5H2,(H,13,14). The van der Waals surface area contributed by atoms with Gasteiger partial charge in [0.1, 0.15) is 5.82 Å². The zero-order chi connectivity index (χ0) is 10.4. The van der Waals surface area contributed by atoms with E-state index in [1.54, 1.807) is 0 Å². The highest BCUT2D eigenvalue weighted by Crippen LogP contribution is 2.10. The molecular weight excluding hydrogens is 186 g/mol. The topological polar surface area (TPSA) is 24.9 Å². The molecule has 74 valence electrons. The van der Waals surface area contributed by atoms with Crippen LogP contribution >= 0.6 is 0 Å². The first kappa shape index (κ1) is 10.5. The highest BCUT2D eigenvalue weighted by molar-refractivity contribution is 5.35. The van der Waals surface area contributed by atoms with E-state index in [1.165, 1.54) is 0 Å². The Labute approximate surface area is 81.4 Å². The SMILES string of the molecule is C#CCCCNc1ncc(F)cc1F. The number of unbranched alkanes of at least 4 members (excludes halogenated alkanes) is 1. The number of nitrogens with zero attached hydrogens (tertiary/aromatic N) is 1. The quantitative estimate of drug-likeness (QED) is 0.589. The largest absolute Gasteiger partial charge is 0.368 e. The van der Waals surface area contributed by atoms with Crippen LogP contribution in [0.25, 0.3) is 0 Å². The number of hydrogen-bond acceptors (Lipinski definition) is 2. The zero-order valence-corrected chi connectivity index (χ0v) is 7.56. The highest BCUT2D eigenvalue weighted by Gasteiger charge is 2.03. The molecule has 0 unspecified atom stereocenters. The molecule has 0 aliphatic carbocycles. The normalized spacial score (nSPS) is 9.50. The number of hydrogen-bond donors (Lipinski definition) is 1. The lowest BCUT2D eigenvalue weighted by Crippen LogP contribution is -2.05. The highest BCUT2D eigenvalue weighted by atomic mass is 19.1. The van der Waals surface area contributed by atoms with E-state index in [-0.39, 0.29) is 5.82 Å². The molecule has 14 heavy (non-hydrogen) atoms. The Morgan fingerprint density at radius 3 is 2.93 bits per heavy atom. The molecule has 4 heteroatoms. The summed E-state index contributed by atoms with van der Waals surface area (Å²) in [6.07, 6.45) is 7.36. The minimum atomic E-state index is -0.689. The average Bonchev–Trinajstić information content (AvgIpc) is 2.15. The van der Waals surface area contributed by atoms with Crippen molar-refractivity contribution in [2.24, 2.45) is 0 Å². The maximum atomic E-state index is 13.0. The smallest absolute Gasteiger partial charge is 0.168 e. The predicted octanol–water partition coefficient (Wildman–Crippen LogP) is 2.19. The van der Waals surface area contributed by atoms with Crippen molar-refractivity contribution in [2.75, 3.05) is 11.9 Å². The Kier molecular flexibility index (Phi) is 3.86. The summed E-state index contributed by atoms with van der Waals surface area (Å²) < 4.78 is 25.4. The van der Waals surface area contributed by atoms with Gasteiger partial charge in [0, 0.05) is 19.0 Å². The summed E-state index contributed by atoms with van der Waals surface area (Å²) in [6.45, 7) is 0.528. The van der Waals surface area contributed by atoms with Crippen molar-refractivity contribution in [3.8, 4) is 12.3 Å². The third-order valence-corrected chi connectivity index (χ3v) is 1.60. The molecule has 0 amide bonds. The van der Waals surface area contributed by atoms with Gasteiger partial charge in [0.25, 0.3) is 0 Å². The molecule has 1 rings (SSSR count). The fourth-order valence-corrected chi connectivity index (χ4v) is 0.942. The number of terminal acetylenes is 1. The number of nitrogens with one attached hydrogen (secondary N) is 1. The molecule has 0 aliphatic heterocycles. The minimum Gasteiger partial charge on any atom is -0.368 e. The zero-order valence-electron chi connectivity index (χ0n) is 7.56. The molecule has 0 bridgehead atoms. The summed E-state index contributed by atoms with van der Waals surface area (Å²) in [5.41, 5.74) is 0. The van der Waals surface area contributed by atoms with Crippen molar-refractivity contribution >= 4 is 5.82 Å². The second kappa shape index (κ2) is 5.18. The van der Waals surface area contributed by atoms with E-state index in [0.717, 1.165) is 18.7 Å². The Balaban J connectivity index is 2.47. The van der Waals surface area contributed by atoms with Crippen molar-refractivity contribution in [1.29, 1.82) is 0 Å². The first-order valence-electron chi connectivity index (χ1n) is 4.22. The lowest BCUT2D eigenvalue weighted by atomic mass is 10.3. The predicted molar refractivity (Wildman–Crippen MR) is 50.7 cm³/mol. The maximum Gasteiger partial charge on any atom is 0.168 e. The third kappa shape index (κ3) is 3.02. The van der Waals surface area contributed by atoms with Gasteiger partial charge >= 0.3 is 0 Å². The van der Waals surface area contributed by atoms with Crippen LogP contribution in [0.5, 0.6) is 0 Å². The molecule has 0 atom stereocenters. The Morgan fingerprint density at radius 1 is 1.50 bits per heavy atom. The van der Waals surface area contributed by atoms with Crippen LogP contribution in [-0.2, 0) is 0 Å². The molecule has 2 nitrogen and oxygen atoms in total. The average molecular weight is 196 g/mol. The van der Waals surface area contributed by atoms with Crippen molar-refractivity contribution in [3.63, 3.8) is 0 Å². The summed E-state index contributed by atoms with van der Waals surface area (Å²) in [5.74, 6) is 1.15. The van der Waals surface area contributed by atoms with Gasteiger partial charge in [-0.2, -0.15) is 0 Å². The summed E-state index contributed by atoms with van der Waals surface area (Å²) in [6, 6.07) is 0.788. The first-order valence-corrected chi connectivity index (χ1v) is 4.22. The van der Waals surface area contributed by atoms with E-state index in [4.69, 9.17) is 6.42 Å². The van der Waals surface area contributed by atoms with Crippen LogP contribution in [0, 0.1) is 24.0 Å². The summed E-state index contributed by atoms with van der Waals surface area (Å²) >= 11 is 0. The second-order valence-corrected chi connectivity index (χ2v) is 2.72. The van der Waals surface area contributed by atoms with Crippen molar-refractivity contribution in [3.05, 3.63) is 23.9 Å². The van der Waals surface area contributed by atoms with Crippen molar-refractivity contribution in [1.82, 2.24) is 4.98 Å². The van der Waals surface area contributed by atoms with Crippen molar-refractivity contribution < 1.29 is 8.78 Å². The van der Waals surface area contributed by atoms with Gasteiger partial charge < -0.3 is 5.32 Å². The molecule has 0 aliphatic rings. The molecule has 0 fully saturated rings. The molecule has 0 radical (unpaired) electrons. The fraction of sp³-hybridized carbons (Fsp3) is 0.300. The van der Waals surface area contributed by atoms with Gasteiger partial charge in [-0.05, 0) is 6.42 Å². The van der Waals surface area contributed by atoms with Gasteiger partial charge in [-0.15, -0.1) is 12.3 Å². The molecule has 0 saturated heterocycles. The number of rotatable bonds is 4. The number of anilines is 1. The van der Waals surface area contributed by atoms with E-state index in [9.17, 15) is 8.78 Å². The van der Waals surface area contributed by atoms with Crippen molar-refractivity contribution in [2.45, 2.75) is 12.8 Å². The lowest BCUT2D eigenvalue weighted by Gasteiger charge is -2.04. The minimum absolute atomic E-state index is 0.0587. The van der Waals surface area contributed by atoms with Gasteiger partial charge in [0.05, 0.1) is 6.20 Å². The molecule has 1 aromatic rings. The molecule has 0 spiro atoms. The van der Waals surface area contributed by atoms with E-state index < -0.39 is 11.6 Å². The van der Waals surface area contributed by atoms with Gasteiger partial charge in [0.15, 0.2) is 11.6 Å². The van der Waals surface area contributed by atoms with Crippen LogP contribution in [0.15, 0.2) is 12.3 Å². The van der Waals surface area contributed by atoms with Crippen LogP contribution < -0.4 is 5.32 Å². The number of aromatic nitrogens is 1. The third-order valence-electron chi connectivity index (χ3n) is 1.60. The first-order chi connectivity index (χ1) is 6.74. The number of pyridine rings is 1. The summed E-state index contributed by atoms with van der Waals surface area (Å²) in [5, 5.41) is 2.73. The van der Waals surface area contributed by atoms with Gasteiger partial charge in [-0.1, -0.05) is 0 Å². The lowest BCUT2D eigenvalue weighted by molar-refractivity contribution is 0.575. The maximum absolute atomic E-state index is 13.0. The Morgan fingerprint density at radius 2 is 2.29 bits per heavy atom. The van der Waals surface area contributed by atoms with E-state index in [1.807, 2.05) is 0 Å².